The van der Waals surface area contributed by atoms with Crippen LogP contribution in [0.4, 0.5) is 0 Å². The van der Waals surface area contributed by atoms with Crippen molar-refractivity contribution in [3.63, 3.8) is 0 Å². The van der Waals surface area contributed by atoms with E-state index in [-0.39, 0.29) is 11.3 Å². The summed E-state index contributed by atoms with van der Waals surface area (Å²) in [6.45, 7) is 6.57. The summed E-state index contributed by atoms with van der Waals surface area (Å²) in [5, 5.41) is 11.5. The first-order valence-corrected chi connectivity index (χ1v) is 13.7. The number of nitrogens with zero attached hydrogens (tertiary/aromatic N) is 2. The van der Waals surface area contributed by atoms with Crippen LogP contribution in [-0.4, -0.2) is 72.6 Å². The van der Waals surface area contributed by atoms with Crippen LogP contribution in [0, 0.1) is 0 Å². The van der Waals surface area contributed by atoms with Gasteiger partial charge in [0.2, 0.25) is 0 Å². The lowest BCUT2D eigenvalue weighted by Gasteiger charge is -2.29. The maximum Gasteiger partial charge on any atom is 0.295 e. The van der Waals surface area contributed by atoms with Gasteiger partial charge in [-0.2, -0.15) is 0 Å². The first-order valence-electron chi connectivity index (χ1n) is 13.7. The summed E-state index contributed by atoms with van der Waals surface area (Å²) in [4.78, 5) is 30.7. The molecule has 0 aliphatic carbocycles. The standard InChI is InChI=1S/C32H34N2O6/c1-2-39-26-13-7-10-24(22-26)30(35)28-29(23-9-6-14-27(21-23)40-25-11-4-3-5-12-25)34(32(37)31(28)36)16-8-15-33-17-19-38-20-18-33/h3-7,9-14,21-22,29,35H,2,8,15-20H2,1H3/b30-28+. The number of morpholine rings is 1. The smallest absolute Gasteiger partial charge is 0.295 e. The zero-order chi connectivity index (χ0) is 27.9. The number of para-hydroxylation sites is 1. The number of likely N-dealkylation sites (tertiary alicyclic amines) is 1. The Balaban J connectivity index is 1.50. The Morgan fingerprint density at radius 2 is 1.62 bits per heavy atom. The van der Waals surface area contributed by atoms with Crippen LogP contribution in [0.2, 0.25) is 0 Å². The third-order valence-electron chi connectivity index (χ3n) is 7.09. The van der Waals surface area contributed by atoms with Crippen molar-refractivity contribution in [1.29, 1.82) is 0 Å². The molecule has 3 aromatic carbocycles. The minimum absolute atomic E-state index is 0.0573. The fourth-order valence-electron chi connectivity index (χ4n) is 5.17. The number of aliphatic hydroxyl groups excluding tert-OH is 1. The minimum atomic E-state index is -0.764. The second-order valence-electron chi connectivity index (χ2n) is 9.75. The van der Waals surface area contributed by atoms with Gasteiger partial charge in [-0.25, -0.2) is 0 Å². The molecule has 2 heterocycles. The summed E-state index contributed by atoms with van der Waals surface area (Å²) in [6, 6.07) is 22.9. The molecule has 5 rings (SSSR count). The first kappa shape index (κ1) is 27.4. The van der Waals surface area contributed by atoms with E-state index in [9.17, 15) is 14.7 Å². The van der Waals surface area contributed by atoms with Gasteiger partial charge >= 0.3 is 0 Å². The Morgan fingerprint density at radius 3 is 2.40 bits per heavy atom. The van der Waals surface area contributed by atoms with Gasteiger partial charge in [0.15, 0.2) is 0 Å². The Morgan fingerprint density at radius 1 is 0.900 bits per heavy atom. The molecule has 8 heteroatoms. The quantitative estimate of drug-likeness (QED) is 0.219. The molecule has 2 saturated heterocycles. The van der Waals surface area contributed by atoms with Gasteiger partial charge in [0.05, 0.1) is 31.4 Å². The number of carbonyl (C=O) groups excluding carboxylic acids is 2. The summed E-state index contributed by atoms with van der Waals surface area (Å²) in [6.07, 6.45) is 0.684. The van der Waals surface area contributed by atoms with Crippen molar-refractivity contribution in [3.05, 3.63) is 95.6 Å². The van der Waals surface area contributed by atoms with Crippen molar-refractivity contribution in [2.24, 2.45) is 0 Å². The highest BCUT2D eigenvalue weighted by Crippen LogP contribution is 2.41. The van der Waals surface area contributed by atoms with Gasteiger partial charge in [0.1, 0.15) is 23.0 Å². The molecule has 2 fully saturated rings. The maximum atomic E-state index is 13.5. The predicted octanol–water partition coefficient (Wildman–Crippen LogP) is 5.02. The number of benzene rings is 3. The number of ether oxygens (including phenoxy) is 3. The summed E-state index contributed by atoms with van der Waals surface area (Å²) in [7, 11) is 0. The number of amides is 1. The predicted molar refractivity (Wildman–Crippen MR) is 151 cm³/mol. The van der Waals surface area contributed by atoms with E-state index < -0.39 is 17.7 Å². The Labute approximate surface area is 234 Å². The van der Waals surface area contributed by atoms with Crippen LogP contribution in [0.5, 0.6) is 17.2 Å². The number of carbonyl (C=O) groups is 2. The van der Waals surface area contributed by atoms with Crippen molar-refractivity contribution < 1.29 is 28.9 Å². The number of hydrogen-bond acceptors (Lipinski definition) is 7. The number of ketones is 1. The van der Waals surface area contributed by atoms with Crippen molar-refractivity contribution in [1.82, 2.24) is 9.80 Å². The van der Waals surface area contributed by atoms with Crippen molar-refractivity contribution in [2.45, 2.75) is 19.4 Å². The van der Waals surface area contributed by atoms with Gasteiger partial charge < -0.3 is 24.2 Å². The van der Waals surface area contributed by atoms with E-state index in [1.807, 2.05) is 61.5 Å². The third kappa shape index (κ3) is 6.19. The van der Waals surface area contributed by atoms with Crippen LogP contribution in [0.3, 0.4) is 0 Å². The van der Waals surface area contributed by atoms with Gasteiger partial charge in [-0.05, 0) is 55.3 Å². The number of hydrogen-bond donors (Lipinski definition) is 1. The molecule has 0 aromatic heterocycles. The lowest BCUT2D eigenvalue weighted by molar-refractivity contribution is -0.140. The first-order chi connectivity index (χ1) is 19.5. The lowest BCUT2D eigenvalue weighted by Crippen LogP contribution is -2.38. The fourth-order valence-corrected chi connectivity index (χ4v) is 5.17. The minimum Gasteiger partial charge on any atom is -0.507 e. The monoisotopic (exact) mass is 542 g/mol. The molecule has 0 bridgehead atoms. The number of aliphatic hydroxyl groups is 1. The van der Waals surface area contributed by atoms with Gasteiger partial charge in [-0.3, -0.25) is 14.5 Å². The second-order valence-corrected chi connectivity index (χ2v) is 9.75. The summed E-state index contributed by atoms with van der Waals surface area (Å²) in [5.74, 6) is 0.262. The number of rotatable bonds is 10. The third-order valence-corrected chi connectivity index (χ3v) is 7.09. The highest BCUT2D eigenvalue weighted by Gasteiger charge is 2.46. The van der Waals surface area contributed by atoms with Crippen LogP contribution >= 0.6 is 0 Å². The largest absolute Gasteiger partial charge is 0.507 e. The zero-order valence-corrected chi connectivity index (χ0v) is 22.6. The number of Topliss-reactive ketones (excluding diaryl/α,β-unsaturated/α-hetero) is 1. The lowest BCUT2D eigenvalue weighted by atomic mass is 9.95. The van der Waals surface area contributed by atoms with Crippen LogP contribution in [0.25, 0.3) is 5.76 Å². The molecule has 1 N–H and O–H groups in total. The maximum absolute atomic E-state index is 13.5. The molecule has 0 spiro atoms. The van der Waals surface area contributed by atoms with Crippen molar-refractivity contribution >= 4 is 17.4 Å². The van der Waals surface area contributed by atoms with Crippen LogP contribution < -0.4 is 9.47 Å². The van der Waals surface area contributed by atoms with Crippen molar-refractivity contribution in [2.75, 3.05) is 46.0 Å². The molecule has 3 aromatic rings. The fraction of sp³-hybridized carbons (Fsp3) is 0.312. The van der Waals surface area contributed by atoms with E-state index in [0.29, 0.717) is 61.2 Å². The van der Waals surface area contributed by atoms with Gasteiger partial charge in [-0.1, -0.05) is 42.5 Å². The van der Waals surface area contributed by atoms with Crippen molar-refractivity contribution in [3.8, 4) is 17.2 Å². The Bertz CT molecular complexity index is 1370. The molecule has 1 unspecified atom stereocenters. The van der Waals surface area contributed by atoms with E-state index in [1.165, 1.54) is 0 Å². The Hall–Kier alpha value is -4.14. The van der Waals surface area contributed by atoms with Crippen LogP contribution in [-0.2, 0) is 14.3 Å². The van der Waals surface area contributed by atoms with Gasteiger partial charge in [-0.15, -0.1) is 0 Å². The molecule has 0 saturated carbocycles. The van der Waals surface area contributed by atoms with E-state index >= 15 is 0 Å². The molecular weight excluding hydrogens is 508 g/mol. The molecular formula is C32H34N2O6. The topological polar surface area (TPSA) is 88.5 Å². The molecule has 208 valence electrons. The van der Waals surface area contributed by atoms with Crippen LogP contribution in [0.15, 0.2) is 84.4 Å². The highest BCUT2D eigenvalue weighted by molar-refractivity contribution is 6.46. The van der Waals surface area contributed by atoms with Gasteiger partial charge in [0.25, 0.3) is 11.7 Å². The zero-order valence-electron chi connectivity index (χ0n) is 22.6. The van der Waals surface area contributed by atoms with E-state index in [1.54, 1.807) is 29.2 Å². The van der Waals surface area contributed by atoms with Crippen LogP contribution in [0.1, 0.15) is 30.5 Å². The molecule has 2 aliphatic rings. The summed E-state index contributed by atoms with van der Waals surface area (Å²) < 4.78 is 17.1. The molecule has 8 nitrogen and oxygen atoms in total. The average Bonchev–Trinajstić information content (AvgIpc) is 3.23. The van der Waals surface area contributed by atoms with E-state index in [4.69, 9.17) is 14.2 Å². The Kier molecular flexibility index (Phi) is 8.78. The summed E-state index contributed by atoms with van der Waals surface area (Å²) >= 11 is 0. The molecule has 40 heavy (non-hydrogen) atoms. The SMILES string of the molecule is CCOc1cccc(/C(O)=C2\C(=O)C(=O)N(CCCN3CCOCC3)C2c2cccc(Oc3ccccc3)c2)c1. The van der Waals surface area contributed by atoms with E-state index in [2.05, 4.69) is 4.90 Å². The molecule has 1 amide bonds. The molecule has 1 atom stereocenters. The summed E-state index contributed by atoms with van der Waals surface area (Å²) in [5.41, 5.74) is 1.15. The molecule has 2 aliphatic heterocycles. The normalized spacial score (nSPS) is 19.1. The second kappa shape index (κ2) is 12.8. The van der Waals surface area contributed by atoms with E-state index in [0.717, 1.165) is 19.6 Å². The molecule has 0 radical (unpaired) electrons. The average molecular weight is 543 g/mol. The highest BCUT2D eigenvalue weighted by atomic mass is 16.5. The van der Waals surface area contributed by atoms with Gasteiger partial charge in [0, 0.05) is 31.7 Å².